The molecule has 1 amide bonds. The number of aromatic nitrogens is 2. The van der Waals surface area contributed by atoms with Crippen LogP contribution < -0.4 is 0 Å². The zero-order chi connectivity index (χ0) is 11.8. The minimum atomic E-state index is -0.0668. The highest BCUT2D eigenvalue weighted by Gasteiger charge is 2.15. The van der Waals surface area contributed by atoms with Gasteiger partial charge in [0.2, 0.25) is 0 Å². The fourth-order valence-electron chi connectivity index (χ4n) is 1.27. The SMILES string of the molecule is COCCN(CCOC)C(=O)c1cn[nH]c1. The van der Waals surface area contributed by atoms with Gasteiger partial charge in [-0.3, -0.25) is 9.89 Å². The van der Waals surface area contributed by atoms with E-state index < -0.39 is 0 Å². The van der Waals surface area contributed by atoms with Gasteiger partial charge < -0.3 is 14.4 Å². The number of methoxy groups -OCH3 is 2. The lowest BCUT2D eigenvalue weighted by Crippen LogP contribution is -2.36. The van der Waals surface area contributed by atoms with Gasteiger partial charge in [0.05, 0.1) is 25.0 Å². The number of ether oxygens (including phenoxy) is 2. The normalized spacial score (nSPS) is 10.4. The first-order chi connectivity index (χ1) is 7.79. The quantitative estimate of drug-likeness (QED) is 0.719. The number of carbonyl (C=O) groups excluding carboxylic acids is 1. The number of nitrogens with zero attached hydrogens (tertiary/aromatic N) is 2. The molecule has 1 rings (SSSR count). The lowest BCUT2D eigenvalue weighted by atomic mass is 10.3. The lowest BCUT2D eigenvalue weighted by Gasteiger charge is -2.21. The average molecular weight is 227 g/mol. The highest BCUT2D eigenvalue weighted by molar-refractivity contribution is 5.93. The molecule has 6 heteroatoms. The van der Waals surface area contributed by atoms with Gasteiger partial charge in [0.1, 0.15) is 0 Å². The van der Waals surface area contributed by atoms with Crippen LogP contribution in [0.2, 0.25) is 0 Å². The minimum Gasteiger partial charge on any atom is -0.383 e. The van der Waals surface area contributed by atoms with Crippen molar-refractivity contribution in [3.63, 3.8) is 0 Å². The Hall–Kier alpha value is -1.40. The lowest BCUT2D eigenvalue weighted by molar-refractivity contribution is 0.0627. The van der Waals surface area contributed by atoms with Crippen LogP contribution in [0.3, 0.4) is 0 Å². The maximum Gasteiger partial charge on any atom is 0.257 e. The van der Waals surface area contributed by atoms with Gasteiger partial charge in [0.15, 0.2) is 0 Å². The van der Waals surface area contributed by atoms with Crippen molar-refractivity contribution in [3.8, 4) is 0 Å². The standard InChI is InChI=1S/C10H17N3O3/c1-15-5-3-13(4-6-16-2)10(14)9-7-11-12-8-9/h7-8H,3-6H2,1-2H3,(H,11,12). The fourth-order valence-corrected chi connectivity index (χ4v) is 1.27. The first-order valence-corrected chi connectivity index (χ1v) is 5.05. The first-order valence-electron chi connectivity index (χ1n) is 5.05. The van der Waals surface area contributed by atoms with E-state index in [0.29, 0.717) is 31.9 Å². The Morgan fingerprint density at radius 2 is 2.00 bits per heavy atom. The molecule has 0 aliphatic rings. The topological polar surface area (TPSA) is 67.5 Å². The molecule has 0 bridgehead atoms. The molecule has 0 unspecified atom stereocenters. The van der Waals surface area contributed by atoms with Gasteiger partial charge in [-0.15, -0.1) is 0 Å². The van der Waals surface area contributed by atoms with Crippen LogP contribution in [-0.2, 0) is 9.47 Å². The Morgan fingerprint density at radius 3 is 2.44 bits per heavy atom. The Morgan fingerprint density at radius 1 is 1.38 bits per heavy atom. The highest BCUT2D eigenvalue weighted by Crippen LogP contribution is 2.02. The third kappa shape index (κ3) is 3.63. The third-order valence-corrected chi connectivity index (χ3v) is 2.16. The molecule has 0 fully saturated rings. The molecule has 0 radical (unpaired) electrons. The van der Waals surface area contributed by atoms with E-state index in [2.05, 4.69) is 10.2 Å². The van der Waals surface area contributed by atoms with E-state index in [4.69, 9.17) is 9.47 Å². The van der Waals surface area contributed by atoms with Gasteiger partial charge >= 0.3 is 0 Å². The van der Waals surface area contributed by atoms with Crippen LogP contribution in [0.1, 0.15) is 10.4 Å². The number of hydrogen-bond acceptors (Lipinski definition) is 4. The minimum absolute atomic E-state index is 0.0668. The average Bonchev–Trinajstić information content (AvgIpc) is 2.82. The molecular weight excluding hydrogens is 210 g/mol. The third-order valence-electron chi connectivity index (χ3n) is 2.16. The van der Waals surface area contributed by atoms with Crippen molar-refractivity contribution in [1.82, 2.24) is 15.1 Å². The summed E-state index contributed by atoms with van der Waals surface area (Å²) in [7, 11) is 3.22. The van der Waals surface area contributed by atoms with Crippen molar-refractivity contribution >= 4 is 5.91 Å². The zero-order valence-electron chi connectivity index (χ0n) is 9.60. The van der Waals surface area contributed by atoms with Crippen LogP contribution in [0.15, 0.2) is 12.4 Å². The van der Waals surface area contributed by atoms with Crippen LogP contribution in [0.5, 0.6) is 0 Å². The Balaban J connectivity index is 2.56. The van der Waals surface area contributed by atoms with E-state index >= 15 is 0 Å². The second kappa shape index (κ2) is 6.97. The number of rotatable bonds is 7. The molecule has 0 saturated carbocycles. The summed E-state index contributed by atoms with van der Waals surface area (Å²) in [5.41, 5.74) is 0.548. The predicted molar refractivity (Wildman–Crippen MR) is 58.2 cm³/mol. The van der Waals surface area contributed by atoms with Crippen molar-refractivity contribution in [2.75, 3.05) is 40.5 Å². The zero-order valence-corrected chi connectivity index (χ0v) is 9.60. The number of hydrogen-bond donors (Lipinski definition) is 1. The number of amides is 1. The number of H-pyrrole nitrogens is 1. The van der Waals surface area contributed by atoms with Crippen molar-refractivity contribution in [2.24, 2.45) is 0 Å². The highest BCUT2D eigenvalue weighted by atomic mass is 16.5. The monoisotopic (exact) mass is 227 g/mol. The molecule has 0 aromatic carbocycles. The molecular formula is C10H17N3O3. The van der Waals surface area contributed by atoms with E-state index in [1.807, 2.05) is 0 Å². The van der Waals surface area contributed by atoms with Crippen molar-refractivity contribution in [3.05, 3.63) is 18.0 Å². The van der Waals surface area contributed by atoms with Crippen LogP contribution in [0, 0.1) is 0 Å². The van der Waals surface area contributed by atoms with Crippen molar-refractivity contribution in [1.29, 1.82) is 0 Å². The molecule has 0 atom stereocenters. The molecule has 0 spiro atoms. The summed E-state index contributed by atoms with van der Waals surface area (Å²) in [6.07, 6.45) is 3.09. The van der Waals surface area contributed by atoms with Crippen LogP contribution in [-0.4, -0.2) is 61.5 Å². The van der Waals surface area contributed by atoms with E-state index in [1.165, 1.54) is 6.20 Å². The van der Waals surface area contributed by atoms with Crippen LogP contribution >= 0.6 is 0 Å². The number of aromatic amines is 1. The summed E-state index contributed by atoms with van der Waals surface area (Å²) in [4.78, 5) is 13.7. The summed E-state index contributed by atoms with van der Waals surface area (Å²) in [6.45, 7) is 2.11. The maximum absolute atomic E-state index is 12.0. The summed E-state index contributed by atoms with van der Waals surface area (Å²) in [5.74, 6) is -0.0668. The predicted octanol–water partition coefficient (Wildman–Crippen LogP) is 0.145. The second-order valence-corrected chi connectivity index (χ2v) is 3.26. The Kier molecular flexibility index (Phi) is 5.52. The molecule has 1 heterocycles. The van der Waals surface area contributed by atoms with Crippen molar-refractivity contribution in [2.45, 2.75) is 0 Å². The van der Waals surface area contributed by atoms with Crippen LogP contribution in [0.25, 0.3) is 0 Å². The molecule has 1 aromatic rings. The first kappa shape index (κ1) is 12.7. The Bertz CT molecular complexity index is 292. The largest absolute Gasteiger partial charge is 0.383 e. The van der Waals surface area contributed by atoms with Crippen molar-refractivity contribution < 1.29 is 14.3 Å². The van der Waals surface area contributed by atoms with E-state index in [0.717, 1.165) is 0 Å². The van der Waals surface area contributed by atoms with Gasteiger partial charge in [-0.1, -0.05) is 0 Å². The van der Waals surface area contributed by atoms with Gasteiger partial charge in [0.25, 0.3) is 5.91 Å². The Labute approximate surface area is 94.5 Å². The molecule has 0 aliphatic carbocycles. The summed E-state index contributed by atoms with van der Waals surface area (Å²) >= 11 is 0. The molecule has 0 saturated heterocycles. The maximum atomic E-state index is 12.0. The molecule has 16 heavy (non-hydrogen) atoms. The molecule has 1 N–H and O–H groups in total. The molecule has 90 valence electrons. The summed E-state index contributed by atoms with van der Waals surface area (Å²) in [6, 6.07) is 0. The molecule has 0 aliphatic heterocycles. The molecule has 6 nitrogen and oxygen atoms in total. The molecule has 1 aromatic heterocycles. The van der Waals surface area contributed by atoms with Gasteiger partial charge in [-0.25, -0.2) is 0 Å². The van der Waals surface area contributed by atoms with Crippen LogP contribution in [0.4, 0.5) is 0 Å². The van der Waals surface area contributed by atoms with E-state index in [9.17, 15) is 4.79 Å². The fraction of sp³-hybridized carbons (Fsp3) is 0.600. The summed E-state index contributed by atoms with van der Waals surface area (Å²) in [5, 5.41) is 6.37. The van der Waals surface area contributed by atoms with E-state index in [-0.39, 0.29) is 5.91 Å². The number of nitrogens with one attached hydrogen (secondary N) is 1. The van der Waals surface area contributed by atoms with Gasteiger partial charge in [0, 0.05) is 33.5 Å². The van der Waals surface area contributed by atoms with E-state index in [1.54, 1.807) is 25.3 Å². The van der Waals surface area contributed by atoms with Gasteiger partial charge in [-0.05, 0) is 0 Å². The summed E-state index contributed by atoms with van der Waals surface area (Å²) < 4.78 is 9.92. The van der Waals surface area contributed by atoms with Gasteiger partial charge in [-0.2, -0.15) is 5.10 Å². The smallest absolute Gasteiger partial charge is 0.257 e. The number of carbonyl (C=O) groups is 1. The second-order valence-electron chi connectivity index (χ2n) is 3.26.